The number of carbonyl (C=O) groups excluding carboxylic acids is 1. The van der Waals surface area contributed by atoms with E-state index in [9.17, 15) is 14.4 Å². The van der Waals surface area contributed by atoms with E-state index in [0.717, 1.165) is 0 Å². The standard InChI is InChI=1S/C7H9NO5/c9-3-1-4(6(10)11)8-5(2-3)7(12)13/h4-5,8H,1-2H2,(H,10,11)(H,12,13). The van der Waals surface area contributed by atoms with Crippen LogP contribution in [0.1, 0.15) is 12.8 Å². The van der Waals surface area contributed by atoms with Crippen LogP contribution in [0.3, 0.4) is 0 Å². The first kappa shape index (κ1) is 9.66. The number of hydrogen-bond donors (Lipinski definition) is 3. The van der Waals surface area contributed by atoms with Crippen molar-refractivity contribution in [3.8, 4) is 0 Å². The Kier molecular flexibility index (Phi) is 2.62. The number of carboxylic acid groups (broad SMARTS) is 2. The molecule has 0 spiro atoms. The molecular formula is C7H9NO5. The van der Waals surface area contributed by atoms with Crippen LogP contribution >= 0.6 is 0 Å². The summed E-state index contributed by atoms with van der Waals surface area (Å²) in [7, 11) is 0. The molecular weight excluding hydrogens is 178 g/mol. The van der Waals surface area contributed by atoms with Crippen molar-refractivity contribution in [1.82, 2.24) is 5.32 Å². The summed E-state index contributed by atoms with van der Waals surface area (Å²) < 4.78 is 0. The Morgan fingerprint density at radius 1 is 1.15 bits per heavy atom. The number of piperidine rings is 1. The van der Waals surface area contributed by atoms with Crippen LogP contribution in [0.25, 0.3) is 0 Å². The fourth-order valence-electron chi connectivity index (χ4n) is 1.22. The Labute approximate surface area is 73.5 Å². The highest BCUT2D eigenvalue weighted by molar-refractivity contribution is 5.92. The van der Waals surface area contributed by atoms with Gasteiger partial charge in [0.2, 0.25) is 0 Å². The molecule has 2 unspecified atom stereocenters. The van der Waals surface area contributed by atoms with Gasteiger partial charge >= 0.3 is 11.9 Å². The summed E-state index contributed by atoms with van der Waals surface area (Å²) in [6, 6.07) is -2.13. The van der Waals surface area contributed by atoms with Gasteiger partial charge in [0.1, 0.15) is 17.9 Å². The Balaban J connectivity index is 2.68. The summed E-state index contributed by atoms with van der Waals surface area (Å²) in [6.07, 6.45) is -0.280. The molecule has 0 bridgehead atoms. The number of aliphatic carboxylic acids is 2. The topological polar surface area (TPSA) is 104 Å². The van der Waals surface area contributed by atoms with Gasteiger partial charge in [-0.05, 0) is 0 Å². The first-order chi connectivity index (χ1) is 6.00. The second-order valence-electron chi connectivity index (χ2n) is 2.90. The fraction of sp³-hybridized carbons (Fsp3) is 0.571. The highest BCUT2D eigenvalue weighted by Gasteiger charge is 2.34. The molecule has 0 aliphatic carbocycles. The average Bonchev–Trinajstić information content (AvgIpc) is 2.03. The first-order valence-electron chi connectivity index (χ1n) is 3.74. The van der Waals surface area contributed by atoms with E-state index in [-0.39, 0.29) is 18.6 Å². The van der Waals surface area contributed by atoms with Crippen LogP contribution < -0.4 is 5.32 Å². The summed E-state index contributed by atoms with van der Waals surface area (Å²) >= 11 is 0. The molecule has 1 aliphatic rings. The summed E-state index contributed by atoms with van der Waals surface area (Å²) in [6.45, 7) is 0. The lowest BCUT2D eigenvalue weighted by Gasteiger charge is -2.24. The maximum atomic E-state index is 10.9. The molecule has 13 heavy (non-hydrogen) atoms. The van der Waals surface area contributed by atoms with Crippen molar-refractivity contribution < 1.29 is 24.6 Å². The van der Waals surface area contributed by atoms with E-state index in [1.165, 1.54) is 0 Å². The Morgan fingerprint density at radius 2 is 1.54 bits per heavy atom. The lowest BCUT2D eigenvalue weighted by atomic mass is 9.97. The van der Waals surface area contributed by atoms with Crippen molar-refractivity contribution in [3.05, 3.63) is 0 Å². The monoisotopic (exact) mass is 187 g/mol. The average molecular weight is 187 g/mol. The van der Waals surface area contributed by atoms with Crippen molar-refractivity contribution in [2.24, 2.45) is 0 Å². The summed E-state index contributed by atoms with van der Waals surface area (Å²) in [5.41, 5.74) is 0. The summed E-state index contributed by atoms with van der Waals surface area (Å²) in [5.74, 6) is -2.72. The van der Waals surface area contributed by atoms with Gasteiger partial charge in [-0.2, -0.15) is 0 Å². The molecule has 0 radical (unpaired) electrons. The zero-order valence-electron chi connectivity index (χ0n) is 6.69. The third kappa shape index (κ3) is 2.25. The predicted molar refractivity (Wildman–Crippen MR) is 40.2 cm³/mol. The number of carboxylic acids is 2. The molecule has 1 aliphatic heterocycles. The van der Waals surface area contributed by atoms with E-state index >= 15 is 0 Å². The fourth-order valence-corrected chi connectivity index (χ4v) is 1.22. The van der Waals surface area contributed by atoms with E-state index < -0.39 is 24.0 Å². The van der Waals surface area contributed by atoms with Crippen LogP contribution in [0.5, 0.6) is 0 Å². The molecule has 1 rings (SSSR count). The summed E-state index contributed by atoms with van der Waals surface area (Å²) in [4.78, 5) is 31.8. The Hall–Kier alpha value is -1.43. The van der Waals surface area contributed by atoms with Crippen molar-refractivity contribution in [1.29, 1.82) is 0 Å². The van der Waals surface area contributed by atoms with E-state index in [4.69, 9.17) is 10.2 Å². The Morgan fingerprint density at radius 3 is 1.85 bits per heavy atom. The van der Waals surface area contributed by atoms with Crippen molar-refractivity contribution in [2.45, 2.75) is 24.9 Å². The molecule has 1 saturated heterocycles. The van der Waals surface area contributed by atoms with E-state index in [0.29, 0.717) is 0 Å². The van der Waals surface area contributed by atoms with Gasteiger partial charge in [-0.1, -0.05) is 0 Å². The van der Waals surface area contributed by atoms with Crippen LogP contribution in [-0.4, -0.2) is 40.0 Å². The van der Waals surface area contributed by atoms with E-state index in [1.54, 1.807) is 0 Å². The van der Waals surface area contributed by atoms with Gasteiger partial charge in [-0.15, -0.1) is 0 Å². The minimum atomic E-state index is -1.20. The quantitative estimate of drug-likeness (QED) is 0.504. The number of rotatable bonds is 2. The third-order valence-corrected chi connectivity index (χ3v) is 1.86. The molecule has 6 heteroatoms. The SMILES string of the molecule is O=C1CC(C(=O)O)NC(C(=O)O)C1. The van der Waals surface area contributed by atoms with Crippen LogP contribution in [0.2, 0.25) is 0 Å². The number of ketones is 1. The largest absolute Gasteiger partial charge is 0.480 e. The second-order valence-corrected chi connectivity index (χ2v) is 2.90. The lowest BCUT2D eigenvalue weighted by molar-refractivity contribution is -0.147. The van der Waals surface area contributed by atoms with Crippen molar-refractivity contribution in [2.75, 3.05) is 0 Å². The summed E-state index contributed by atoms with van der Waals surface area (Å²) in [5, 5.41) is 19.5. The van der Waals surface area contributed by atoms with Gasteiger partial charge in [0.05, 0.1) is 0 Å². The third-order valence-electron chi connectivity index (χ3n) is 1.86. The normalized spacial score (nSPS) is 28.5. The van der Waals surface area contributed by atoms with Gasteiger partial charge < -0.3 is 10.2 Å². The van der Waals surface area contributed by atoms with Crippen molar-refractivity contribution >= 4 is 17.7 Å². The lowest BCUT2D eigenvalue weighted by Crippen LogP contribution is -2.53. The minimum Gasteiger partial charge on any atom is -0.480 e. The molecule has 1 heterocycles. The molecule has 0 aromatic heterocycles. The molecule has 0 saturated carbocycles. The zero-order chi connectivity index (χ0) is 10.0. The molecule has 3 N–H and O–H groups in total. The molecule has 6 nitrogen and oxygen atoms in total. The molecule has 1 fully saturated rings. The zero-order valence-corrected chi connectivity index (χ0v) is 6.69. The first-order valence-corrected chi connectivity index (χ1v) is 3.74. The predicted octanol–water partition coefficient (Wildman–Crippen LogP) is -1.15. The van der Waals surface area contributed by atoms with Gasteiger partial charge in [0.25, 0.3) is 0 Å². The van der Waals surface area contributed by atoms with Crippen LogP contribution in [0.4, 0.5) is 0 Å². The van der Waals surface area contributed by atoms with Crippen LogP contribution in [0.15, 0.2) is 0 Å². The van der Waals surface area contributed by atoms with Crippen LogP contribution in [0, 0.1) is 0 Å². The van der Waals surface area contributed by atoms with E-state index in [2.05, 4.69) is 5.32 Å². The van der Waals surface area contributed by atoms with Gasteiger partial charge in [0.15, 0.2) is 0 Å². The Bertz CT molecular complexity index is 238. The van der Waals surface area contributed by atoms with Crippen LogP contribution in [-0.2, 0) is 14.4 Å². The van der Waals surface area contributed by atoms with Gasteiger partial charge in [0, 0.05) is 12.8 Å². The number of hydrogen-bond acceptors (Lipinski definition) is 4. The molecule has 0 amide bonds. The number of Topliss-reactive ketones (excluding diaryl/α,β-unsaturated/α-hetero) is 1. The highest BCUT2D eigenvalue weighted by atomic mass is 16.4. The smallest absolute Gasteiger partial charge is 0.321 e. The van der Waals surface area contributed by atoms with Gasteiger partial charge in [-0.3, -0.25) is 19.7 Å². The second kappa shape index (κ2) is 3.53. The maximum Gasteiger partial charge on any atom is 0.321 e. The number of nitrogens with one attached hydrogen (secondary N) is 1. The minimum absolute atomic E-state index is 0.140. The van der Waals surface area contributed by atoms with Crippen molar-refractivity contribution in [3.63, 3.8) is 0 Å². The highest BCUT2D eigenvalue weighted by Crippen LogP contribution is 2.09. The van der Waals surface area contributed by atoms with Gasteiger partial charge in [-0.25, -0.2) is 0 Å². The molecule has 72 valence electrons. The molecule has 0 aromatic rings. The van der Waals surface area contributed by atoms with E-state index in [1.807, 2.05) is 0 Å². The molecule has 0 aromatic carbocycles. The number of carbonyl (C=O) groups is 3. The maximum absolute atomic E-state index is 10.9. The molecule has 2 atom stereocenters.